The highest BCUT2D eigenvalue weighted by Crippen LogP contribution is 2.36. The van der Waals surface area contributed by atoms with Gasteiger partial charge in [-0.2, -0.15) is 0 Å². The average Bonchev–Trinajstić information content (AvgIpc) is 2.34. The number of hydrogen-bond donors (Lipinski definition) is 2. The highest BCUT2D eigenvalue weighted by atomic mass is 79.9. The van der Waals surface area contributed by atoms with Crippen molar-refractivity contribution >= 4 is 43.5 Å². The van der Waals surface area contributed by atoms with Gasteiger partial charge in [-0.25, -0.2) is 0 Å². The molecular weight excluding hydrogens is 376 g/mol. The minimum Gasteiger partial charge on any atom is -0.453 e. The lowest BCUT2D eigenvalue weighted by atomic mass is 10.1. The van der Waals surface area contributed by atoms with E-state index in [0.29, 0.717) is 11.4 Å². The minimum absolute atomic E-state index is 0.245. The smallest absolute Gasteiger partial charge is 0.252 e. The number of benzene rings is 2. The van der Waals surface area contributed by atoms with Gasteiger partial charge in [0, 0.05) is 4.47 Å². The van der Waals surface area contributed by atoms with E-state index in [9.17, 15) is 4.79 Å². The van der Waals surface area contributed by atoms with Gasteiger partial charge in [-0.05, 0) is 46.3 Å². The summed E-state index contributed by atoms with van der Waals surface area (Å²) >= 11 is 6.73. The number of hydrogen-bond acceptors (Lipinski definition) is 3. The SMILES string of the molecule is NC(=O)c1cccc(N)c1Oc1ccc(Br)cc1Br. The Balaban J connectivity index is 2.46. The molecule has 0 bridgehead atoms. The van der Waals surface area contributed by atoms with Gasteiger partial charge in [0.15, 0.2) is 5.75 Å². The normalized spacial score (nSPS) is 10.2. The van der Waals surface area contributed by atoms with Gasteiger partial charge >= 0.3 is 0 Å². The summed E-state index contributed by atoms with van der Waals surface area (Å²) < 4.78 is 7.34. The van der Waals surface area contributed by atoms with E-state index in [1.54, 1.807) is 24.3 Å². The van der Waals surface area contributed by atoms with Gasteiger partial charge in [-0.15, -0.1) is 0 Å². The molecular formula is C13H10Br2N2O2. The third kappa shape index (κ3) is 3.08. The molecule has 0 aromatic heterocycles. The lowest BCUT2D eigenvalue weighted by molar-refractivity contribution is 0.0998. The van der Waals surface area contributed by atoms with Crippen LogP contribution in [-0.4, -0.2) is 5.91 Å². The van der Waals surface area contributed by atoms with E-state index in [4.69, 9.17) is 16.2 Å². The van der Waals surface area contributed by atoms with Crippen LogP contribution in [0.1, 0.15) is 10.4 Å². The lowest BCUT2D eigenvalue weighted by Crippen LogP contribution is -2.13. The van der Waals surface area contributed by atoms with Crippen LogP contribution in [0.3, 0.4) is 0 Å². The zero-order valence-electron chi connectivity index (χ0n) is 9.69. The molecule has 0 aliphatic heterocycles. The number of anilines is 1. The summed E-state index contributed by atoms with van der Waals surface area (Å²) in [5.41, 5.74) is 11.7. The minimum atomic E-state index is -0.587. The van der Waals surface area contributed by atoms with Crippen molar-refractivity contribution < 1.29 is 9.53 Å². The van der Waals surface area contributed by atoms with Gasteiger partial charge in [0.25, 0.3) is 5.91 Å². The maximum Gasteiger partial charge on any atom is 0.252 e. The van der Waals surface area contributed by atoms with Crippen LogP contribution in [0.15, 0.2) is 45.3 Å². The molecule has 4 nitrogen and oxygen atoms in total. The van der Waals surface area contributed by atoms with E-state index >= 15 is 0 Å². The Labute approximate surface area is 127 Å². The summed E-state index contributed by atoms with van der Waals surface area (Å²) in [5, 5.41) is 0. The maximum atomic E-state index is 11.4. The number of primary amides is 1. The van der Waals surface area contributed by atoms with E-state index in [2.05, 4.69) is 31.9 Å². The highest BCUT2D eigenvalue weighted by molar-refractivity contribution is 9.11. The van der Waals surface area contributed by atoms with Crippen LogP contribution in [0.2, 0.25) is 0 Å². The largest absolute Gasteiger partial charge is 0.453 e. The van der Waals surface area contributed by atoms with Crippen molar-refractivity contribution in [1.29, 1.82) is 0 Å². The zero-order valence-corrected chi connectivity index (χ0v) is 12.9. The Kier molecular flexibility index (Phi) is 4.11. The predicted octanol–water partition coefficient (Wildman–Crippen LogP) is 3.69. The number of nitrogen functional groups attached to an aromatic ring is 1. The zero-order chi connectivity index (χ0) is 14.0. The van der Waals surface area contributed by atoms with Gasteiger partial charge in [0.2, 0.25) is 0 Å². The van der Waals surface area contributed by atoms with Crippen LogP contribution in [0, 0.1) is 0 Å². The van der Waals surface area contributed by atoms with Gasteiger partial charge < -0.3 is 16.2 Å². The van der Waals surface area contributed by atoms with Crippen molar-refractivity contribution in [3.63, 3.8) is 0 Å². The second kappa shape index (κ2) is 5.63. The first-order valence-corrected chi connectivity index (χ1v) is 6.89. The second-order valence-electron chi connectivity index (χ2n) is 3.76. The van der Waals surface area contributed by atoms with Crippen LogP contribution in [-0.2, 0) is 0 Å². The van der Waals surface area contributed by atoms with Crippen molar-refractivity contribution in [2.75, 3.05) is 5.73 Å². The van der Waals surface area contributed by atoms with Crippen LogP contribution in [0.25, 0.3) is 0 Å². The van der Waals surface area contributed by atoms with Crippen molar-refractivity contribution in [3.05, 3.63) is 50.9 Å². The molecule has 0 radical (unpaired) electrons. The van der Waals surface area contributed by atoms with Crippen molar-refractivity contribution in [3.8, 4) is 11.5 Å². The van der Waals surface area contributed by atoms with E-state index in [1.807, 2.05) is 12.1 Å². The quantitative estimate of drug-likeness (QED) is 0.791. The first kappa shape index (κ1) is 13.9. The molecule has 0 spiro atoms. The highest BCUT2D eigenvalue weighted by Gasteiger charge is 2.14. The summed E-state index contributed by atoms with van der Waals surface area (Å²) in [6.07, 6.45) is 0. The molecule has 0 saturated heterocycles. The van der Waals surface area contributed by atoms with Crippen LogP contribution in [0.4, 0.5) is 5.69 Å². The summed E-state index contributed by atoms with van der Waals surface area (Å²) in [7, 11) is 0. The number of para-hydroxylation sites is 1. The molecule has 98 valence electrons. The van der Waals surface area contributed by atoms with Crippen LogP contribution >= 0.6 is 31.9 Å². The molecule has 19 heavy (non-hydrogen) atoms. The predicted molar refractivity (Wildman–Crippen MR) is 81.3 cm³/mol. The molecule has 6 heteroatoms. The standard InChI is InChI=1S/C13H10Br2N2O2/c14-7-4-5-11(9(15)6-7)19-12-8(13(17)18)2-1-3-10(12)16/h1-6H,16H2,(H2,17,18). The number of nitrogens with two attached hydrogens (primary N) is 2. The molecule has 0 atom stereocenters. The summed E-state index contributed by atoms with van der Waals surface area (Å²) in [5.74, 6) is 0.220. The van der Waals surface area contributed by atoms with Gasteiger partial charge in [-0.3, -0.25) is 4.79 Å². The molecule has 0 heterocycles. The van der Waals surface area contributed by atoms with Crippen molar-refractivity contribution in [2.45, 2.75) is 0 Å². The number of halogens is 2. The molecule has 2 rings (SSSR count). The molecule has 0 unspecified atom stereocenters. The Morgan fingerprint density at radius 1 is 1.16 bits per heavy atom. The van der Waals surface area contributed by atoms with Crippen molar-refractivity contribution in [1.82, 2.24) is 0 Å². The summed E-state index contributed by atoms with van der Waals surface area (Å²) in [4.78, 5) is 11.4. The fourth-order valence-corrected chi connectivity index (χ4v) is 2.66. The second-order valence-corrected chi connectivity index (χ2v) is 5.53. The Morgan fingerprint density at radius 2 is 1.89 bits per heavy atom. The molecule has 0 saturated carbocycles. The van der Waals surface area contributed by atoms with E-state index in [0.717, 1.165) is 8.95 Å². The number of carbonyl (C=O) groups is 1. The lowest BCUT2D eigenvalue weighted by Gasteiger charge is -2.13. The molecule has 0 fully saturated rings. The molecule has 0 aliphatic rings. The maximum absolute atomic E-state index is 11.4. The van der Waals surface area contributed by atoms with Crippen LogP contribution in [0.5, 0.6) is 11.5 Å². The number of carbonyl (C=O) groups excluding carboxylic acids is 1. The third-order valence-corrected chi connectivity index (χ3v) is 3.53. The Morgan fingerprint density at radius 3 is 2.53 bits per heavy atom. The van der Waals surface area contributed by atoms with Gasteiger partial charge in [-0.1, -0.05) is 22.0 Å². The molecule has 1 amide bonds. The summed E-state index contributed by atoms with van der Waals surface area (Å²) in [6.45, 7) is 0. The number of rotatable bonds is 3. The number of amides is 1. The van der Waals surface area contributed by atoms with Gasteiger partial charge in [0.1, 0.15) is 5.75 Å². The first-order valence-electron chi connectivity index (χ1n) is 5.30. The van der Waals surface area contributed by atoms with E-state index < -0.39 is 5.91 Å². The molecule has 4 N–H and O–H groups in total. The number of ether oxygens (including phenoxy) is 1. The van der Waals surface area contributed by atoms with Crippen molar-refractivity contribution in [2.24, 2.45) is 5.73 Å². The average molecular weight is 386 g/mol. The molecule has 2 aromatic rings. The fraction of sp³-hybridized carbons (Fsp3) is 0. The molecule has 2 aromatic carbocycles. The first-order chi connectivity index (χ1) is 8.99. The van der Waals surface area contributed by atoms with Crippen LogP contribution < -0.4 is 16.2 Å². The Bertz CT molecular complexity index is 645. The van der Waals surface area contributed by atoms with E-state index in [1.165, 1.54) is 0 Å². The van der Waals surface area contributed by atoms with E-state index in [-0.39, 0.29) is 11.3 Å². The topological polar surface area (TPSA) is 78.3 Å². The molecule has 0 aliphatic carbocycles. The Hall–Kier alpha value is -1.53. The third-order valence-electron chi connectivity index (χ3n) is 2.42. The van der Waals surface area contributed by atoms with Gasteiger partial charge in [0.05, 0.1) is 15.7 Å². The monoisotopic (exact) mass is 384 g/mol. The summed E-state index contributed by atoms with van der Waals surface area (Å²) in [6, 6.07) is 10.3. The fourth-order valence-electron chi connectivity index (χ4n) is 1.53.